The van der Waals surface area contributed by atoms with Crippen molar-refractivity contribution in [2.24, 2.45) is 0 Å². The number of carbonyl (C=O) groups is 1. The average Bonchev–Trinajstić information content (AvgIpc) is 2.68. The maximum absolute atomic E-state index is 12.3. The molecule has 27 heavy (non-hydrogen) atoms. The predicted octanol–water partition coefficient (Wildman–Crippen LogP) is 4.18. The van der Waals surface area contributed by atoms with Gasteiger partial charge >= 0.3 is 0 Å². The van der Waals surface area contributed by atoms with Gasteiger partial charge in [-0.2, -0.15) is 0 Å². The van der Waals surface area contributed by atoms with Crippen LogP contribution in [0.3, 0.4) is 0 Å². The summed E-state index contributed by atoms with van der Waals surface area (Å²) in [4.78, 5) is 16.7. The summed E-state index contributed by atoms with van der Waals surface area (Å²) in [5.41, 5.74) is 2.35. The minimum Gasteiger partial charge on any atom is -0.497 e. The standard InChI is InChI=1S/C22H28N2O2.ClH/c1-18(25)24(20-8-10-22(26-2)11-9-20)21-13-16-23(17-14-21)15-12-19-6-4-3-5-7-19;/h3-11,21H,12-17H2,1-2H3;1H. The highest BCUT2D eigenvalue weighted by Gasteiger charge is 2.27. The van der Waals surface area contributed by atoms with E-state index in [9.17, 15) is 4.79 Å². The number of piperidine rings is 1. The van der Waals surface area contributed by atoms with Crippen LogP contribution in [-0.2, 0) is 11.2 Å². The lowest BCUT2D eigenvalue weighted by Gasteiger charge is -2.38. The molecule has 0 radical (unpaired) electrons. The lowest BCUT2D eigenvalue weighted by molar-refractivity contribution is -0.117. The highest BCUT2D eigenvalue weighted by Crippen LogP contribution is 2.26. The third-order valence-electron chi connectivity index (χ3n) is 5.17. The Hall–Kier alpha value is -2.04. The molecule has 1 amide bonds. The maximum Gasteiger partial charge on any atom is 0.224 e. The minimum absolute atomic E-state index is 0. The summed E-state index contributed by atoms with van der Waals surface area (Å²) in [7, 11) is 1.66. The number of hydrogen-bond acceptors (Lipinski definition) is 3. The van der Waals surface area contributed by atoms with Crippen molar-refractivity contribution in [1.82, 2.24) is 4.90 Å². The molecule has 4 nitrogen and oxygen atoms in total. The van der Waals surface area contributed by atoms with Crippen molar-refractivity contribution in [1.29, 1.82) is 0 Å². The molecule has 2 aromatic rings. The van der Waals surface area contributed by atoms with E-state index in [1.165, 1.54) is 5.56 Å². The van der Waals surface area contributed by atoms with Gasteiger partial charge in [0.15, 0.2) is 0 Å². The van der Waals surface area contributed by atoms with Crippen LogP contribution in [0.5, 0.6) is 5.75 Å². The average molecular weight is 389 g/mol. The van der Waals surface area contributed by atoms with E-state index in [-0.39, 0.29) is 24.4 Å². The van der Waals surface area contributed by atoms with E-state index < -0.39 is 0 Å². The number of methoxy groups -OCH3 is 1. The van der Waals surface area contributed by atoms with E-state index in [1.54, 1.807) is 14.0 Å². The van der Waals surface area contributed by atoms with Gasteiger partial charge in [-0.15, -0.1) is 12.4 Å². The summed E-state index contributed by atoms with van der Waals surface area (Å²) in [6.45, 7) is 4.82. The van der Waals surface area contributed by atoms with Crippen molar-refractivity contribution in [3.63, 3.8) is 0 Å². The van der Waals surface area contributed by atoms with Gasteiger partial charge < -0.3 is 14.5 Å². The minimum atomic E-state index is 0. The van der Waals surface area contributed by atoms with Crippen molar-refractivity contribution in [2.75, 3.05) is 31.6 Å². The van der Waals surface area contributed by atoms with Gasteiger partial charge in [0.25, 0.3) is 0 Å². The number of likely N-dealkylation sites (tertiary alicyclic amines) is 1. The molecule has 0 aromatic heterocycles. The molecule has 5 heteroatoms. The molecular weight excluding hydrogens is 360 g/mol. The second-order valence-corrected chi connectivity index (χ2v) is 6.90. The molecule has 0 aliphatic carbocycles. The number of carbonyl (C=O) groups excluding carboxylic acids is 1. The summed E-state index contributed by atoms with van der Waals surface area (Å²) < 4.78 is 5.22. The van der Waals surface area contributed by atoms with Gasteiger partial charge in [-0.05, 0) is 49.1 Å². The zero-order valence-corrected chi connectivity index (χ0v) is 17.0. The smallest absolute Gasteiger partial charge is 0.224 e. The van der Waals surface area contributed by atoms with Crippen LogP contribution in [0.1, 0.15) is 25.3 Å². The number of anilines is 1. The first-order valence-electron chi connectivity index (χ1n) is 9.37. The molecule has 1 aliphatic heterocycles. The lowest BCUT2D eigenvalue weighted by Crippen LogP contribution is -2.47. The van der Waals surface area contributed by atoms with Crippen LogP contribution in [0.2, 0.25) is 0 Å². The fraction of sp³-hybridized carbons (Fsp3) is 0.409. The molecule has 0 N–H and O–H groups in total. The van der Waals surface area contributed by atoms with Crippen LogP contribution >= 0.6 is 12.4 Å². The Kier molecular flexibility index (Phi) is 8.14. The first kappa shape index (κ1) is 21.3. The molecule has 1 fully saturated rings. The Morgan fingerprint density at radius 2 is 1.70 bits per heavy atom. The third-order valence-corrected chi connectivity index (χ3v) is 5.17. The van der Waals surface area contributed by atoms with Gasteiger partial charge in [-0.25, -0.2) is 0 Å². The predicted molar refractivity (Wildman–Crippen MR) is 113 cm³/mol. The Labute approximate surface area is 168 Å². The Morgan fingerprint density at radius 3 is 2.26 bits per heavy atom. The van der Waals surface area contributed by atoms with E-state index in [0.717, 1.165) is 50.3 Å². The molecule has 0 spiro atoms. The van der Waals surface area contributed by atoms with E-state index in [2.05, 4.69) is 35.2 Å². The van der Waals surface area contributed by atoms with Crippen LogP contribution in [0.15, 0.2) is 54.6 Å². The largest absolute Gasteiger partial charge is 0.497 e. The second-order valence-electron chi connectivity index (χ2n) is 6.90. The molecule has 0 saturated carbocycles. The number of ether oxygens (including phenoxy) is 1. The molecule has 1 saturated heterocycles. The molecular formula is C22H29ClN2O2. The van der Waals surface area contributed by atoms with E-state index in [0.29, 0.717) is 0 Å². The van der Waals surface area contributed by atoms with Crippen molar-refractivity contribution >= 4 is 24.0 Å². The molecule has 2 aromatic carbocycles. The monoisotopic (exact) mass is 388 g/mol. The van der Waals surface area contributed by atoms with Gasteiger partial charge in [0.05, 0.1) is 7.11 Å². The number of hydrogen-bond donors (Lipinski definition) is 0. The lowest BCUT2D eigenvalue weighted by atomic mass is 10.0. The summed E-state index contributed by atoms with van der Waals surface area (Å²) >= 11 is 0. The summed E-state index contributed by atoms with van der Waals surface area (Å²) in [6, 6.07) is 18.7. The molecule has 0 atom stereocenters. The quantitative estimate of drug-likeness (QED) is 0.744. The van der Waals surface area contributed by atoms with Crippen molar-refractivity contribution < 1.29 is 9.53 Å². The SMILES string of the molecule is COc1ccc(N(C(C)=O)C2CCN(CCc3ccccc3)CC2)cc1.Cl. The molecule has 0 unspecified atom stereocenters. The van der Waals surface area contributed by atoms with Gasteiger partial charge in [-0.3, -0.25) is 4.79 Å². The molecule has 1 heterocycles. The number of halogens is 1. The van der Waals surface area contributed by atoms with Crippen LogP contribution in [0.4, 0.5) is 5.69 Å². The van der Waals surface area contributed by atoms with Gasteiger partial charge in [0.2, 0.25) is 5.91 Å². The van der Waals surface area contributed by atoms with E-state index in [4.69, 9.17) is 4.74 Å². The summed E-state index contributed by atoms with van der Waals surface area (Å²) in [5.74, 6) is 0.922. The van der Waals surface area contributed by atoms with Gasteiger partial charge in [-0.1, -0.05) is 30.3 Å². The summed E-state index contributed by atoms with van der Waals surface area (Å²) in [6.07, 6.45) is 3.11. The first-order valence-corrected chi connectivity index (χ1v) is 9.37. The van der Waals surface area contributed by atoms with Crippen molar-refractivity contribution in [2.45, 2.75) is 32.2 Å². The van der Waals surface area contributed by atoms with Crippen LogP contribution in [0, 0.1) is 0 Å². The van der Waals surface area contributed by atoms with Crippen LogP contribution < -0.4 is 9.64 Å². The number of amides is 1. The number of nitrogens with zero attached hydrogens (tertiary/aromatic N) is 2. The zero-order chi connectivity index (χ0) is 18.4. The van der Waals surface area contributed by atoms with E-state index >= 15 is 0 Å². The topological polar surface area (TPSA) is 32.8 Å². The van der Waals surface area contributed by atoms with E-state index in [1.807, 2.05) is 29.2 Å². The Balaban J connectivity index is 0.00000261. The summed E-state index contributed by atoms with van der Waals surface area (Å²) in [5, 5.41) is 0. The maximum atomic E-state index is 12.3. The highest BCUT2D eigenvalue weighted by atomic mass is 35.5. The third kappa shape index (κ3) is 5.72. The fourth-order valence-electron chi connectivity index (χ4n) is 3.73. The first-order chi connectivity index (χ1) is 12.7. The normalized spacial score (nSPS) is 15.0. The van der Waals surface area contributed by atoms with Crippen molar-refractivity contribution in [3.05, 3.63) is 60.2 Å². The fourth-order valence-corrected chi connectivity index (χ4v) is 3.73. The molecule has 146 valence electrons. The Bertz CT molecular complexity index is 698. The van der Waals surface area contributed by atoms with Crippen LogP contribution in [-0.4, -0.2) is 43.6 Å². The second kappa shape index (κ2) is 10.3. The van der Waals surface area contributed by atoms with Gasteiger partial charge in [0.1, 0.15) is 5.75 Å². The zero-order valence-electron chi connectivity index (χ0n) is 16.1. The number of benzene rings is 2. The molecule has 3 rings (SSSR count). The van der Waals surface area contributed by atoms with Crippen molar-refractivity contribution in [3.8, 4) is 5.75 Å². The number of rotatable bonds is 6. The Morgan fingerprint density at radius 1 is 1.07 bits per heavy atom. The molecule has 1 aliphatic rings. The molecule has 0 bridgehead atoms. The van der Waals surface area contributed by atoms with Gasteiger partial charge in [0, 0.05) is 38.3 Å². The van der Waals surface area contributed by atoms with Crippen LogP contribution in [0.25, 0.3) is 0 Å². The highest BCUT2D eigenvalue weighted by molar-refractivity contribution is 5.92.